The number of carbonyl (C=O) groups is 1. The number of hydrogen-bond donors (Lipinski definition) is 0. The van der Waals surface area contributed by atoms with E-state index in [9.17, 15) is 4.79 Å². The molecule has 0 fully saturated rings. The molecule has 0 N–H and O–H groups in total. The van der Waals surface area contributed by atoms with Gasteiger partial charge in [0.05, 0.1) is 18.9 Å². The molecular formula is C17H20N2O3. The van der Waals surface area contributed by atoms with Gasteiger partial charge in [0, 0.05) is 36.3 Å². The predicted octanol–water partition coefficient (Wildman–Crippen LogP) is 2.59. The minimum Gasteiger partial charge on any atom is -0.486 e. The third-order valence-electron chi connectivity index (χ3n) is 4.18. The summed E-state index contributed by atoms with van der Waals surface area (Å²) in [6.45, 7) is 5.84. The number of rotatable bonds is 6. The van der Waals surface area contributed by atoms with Crippen LogP contribution in [0.2, 0.25) is 0 Å². The van der Waals surface area contributed by atoms with Crippen LogP contribution < -0.4 is 9.47 Å². The number of ether oxygens (including phenoxy) is 2. The van der Waals surface area contributed by atoms with Crippen molar-refractivity contribution in [2.75, 3.05) is 20.3 Å². The molecule has 5 heteroatoms. The molecule has 0 unspecified atom stereocenters. The molecule has 0 aromatic carbocycles. The van der Waals surface area contributed by atoms with E-state index in [2.05, 4.69) is 29.8 Å². The zero-order chi connectivity index (χ0) is 15.7. The maximum atomic E-state index is 11.2. The summed E-state index contributed by atoms with van der Waals surface area (Å²) in [5.74, 6) is 0.899. The fraction of sp³-hybridized carbons (Fsp3) is 0.412. The largest absolute Gasteiger partial charge is 0.486 e. The number of aldehydes is 1. The average Bonchev–Trinajstić information content (AvgIpc) is 2.54. The Morgan fingerprint density at radius 3 is 2.91 bits per heavy atom. The van der Waals surface area contributed by atoms with Crippen LogP contribution in [0.5, 0.6) is 11.6 Å². The molecule has 1 aromatic heterocycles. The van der Waals surface area contributed by atoms with Crippen molar-refractivity contribution in [2.45, 2.75) is 26.3 Å². The molecule has 116 valence electrons. The Morgan fingerprint density at radius 2 is 2.27 bits per heavy atom. The minimum atomic E-state index is 0.408. The van der Waals surface area contributed by atoms with Crippen LogP contribution in [0.25, 0.3) is 0 Å². The van der Waals surface area contributed by atoms with E-state index in [1.807, 2.05) is 0 Å². The van der Waals surface area contributed by atoms with Gasteiger partial charge in [0.1, 0.15) is 12.4 Å². The third kappa shape index (κ3) is 2.47. The molecule has 0 radical (unpaired) electrons. The number of methoxy groups -OCH3 is 1. The Balaban J connectivity index is 1.75. The van der Waals surface area contributed by atoms with Crippen molar-refractivity contribution >= 4 is 6.29 Å². The molecule has 1 aliphatic carbocycles. The summed E-state index contributed by atoms with van der Waals surface area (Å²) in [7, 11) is 1.52. The van der Waals surface area contributed by atoms with Gasteiger partial charge in [-0.1, -0.05) is 6.08 Å². The Hall–Kier alpha value is -2.30. The molecule has 0 spiro atoms. The van der Waals surface area contributed by atoms with E-state index in [4.69, 9.17) is 9.47 Å². The second-order valence-electron chi connectivity index (χ2n) is 5.75. The molecule has 0 saturated heterocycles. The molecule has 1 aliphatic heterocycles. The Labute approximate surface area is 130 Å². The first-order chi connectivity index (χ1) is 10.6. The van der Waals surface area contributed by atoms with Crippen LogP contribution in [0.3, 0.4) is 0 Å². The molecule has 0 amide bonds. The van der Waals surface area contributed by atoms with E-state index >= 15 is 0 Å². The fourth-order valence-corrected chi connectivity index (χ4v) is 2.87. The lowest BCUT2D eigenvalue weighted by Gasteiger charge is -2.43. The first kappa shape index (κ1) is 14.6. The highest BCUT2D eigenvalue weighted by molar-refractivity contribution is 5.79. The summed E-state index contributed by atoms with van der Waals surface area (Å²) in [6.07, 6.45) is 5.59. The Bertz CT molecular complexity index is 662. The van der Waals surface area contributed by atoms with Crippen molar-refractivity contribution in [3.05, 3.63) is 40.7 Å². The molecule has 5 nitrogen and oxygen atoms in total. The predicted molar refractivity (Wildman–Crippen MR) is 83.2 cm³/mol. The summed E-state index contributed by atoms with van der Waals surface area (Å²) < 4.78 is 10.8. The van der Waals surface area contributed by atoms with E-state index in [-0.39, 0.29) is 0 Å². The summed E-state index contributed by atoms with van der Waals surface area (Å²) in [5.41, 5.74) is 4.42. The highest BCUT2D eigenvalue weighted by atomic mass is 16.5. The molecule has 0 atom stereocenters. The van der Waals surface area contributed by atoms with E-state index in [0.717, 1.165) is 19.3 Å². The van der Waals surface area contributed by atoms with Gasteiger partial charge in [-0.2, -0.15) is 0 Å². The number of pyridine rings is 1. The third-order valence-corrected chi connectivity index (χ3v) is 4.18. The van der Waals surface area contributed by atoms with E-state index in [1.165, 1.54) is 30.1 Å². The van der Waals surface area contributed by atoms with Gasteiger partial charge >= 0.3 is 0 Å². The van der Waals surface area contributed by atoms with Gasteiger partial charge in [0.25, 0.3) is 0 Å². The second kappa shape index (κ2) is 5.83. The molecule has 3 rings (SSSR count). The molecule has 0 saturated carbocycles. The lowest BCUT2D eigenvalue weighted by atomic mass is 9.83. The first-order valence-electron chi connectivity index (χ1n) is 7.44. The summed E-state index contributed by atoms with van der Waals surface area (Å²) in [5, 5.41) is 0. The highest BCUT2D eigenvalue weighted by Gasteiger charge is 2.32. The van der Waals surface area contributed by atoms with Crippen LogP contribution >= 0.6 is 0 Å². The van der Waals surface area contributed by atoms with Gasteiger partial charge in [-0.05, 0) is 19.4 Å². The van der Waals surface area contributed by atoms with Crippen LogP contribution in [0.15, 0.2) is 35.2 Å². The number of allylic oxidation sites excluding steroid dienone is 1. The van der Waals surface area contributed by atoms with Gasteiger partial charge in [-0.25, -0.2) is 4.98 Å². The lowest BCUT2D eigenvalue weighted by molar-refractivity contribution is 0.111. The van der Waals surface area contributed by atoms with Crippen molar-refractivity contribution in [1.82, 2.24) is 9.88 Å². The van der Waals surface area contributed by atoms with Crippen LogP contribution in [0, 0.1) is 0 Å². The van der Waals surface area contributed by atoms with Crippen molar-refractivity contribution in [1.29, 1.82) is 0 Å². The lowest BCUT2D eigenvalue weighted by Crippen LogP contribution is -2.40. The van der Waals surface area contributed by atoms with E-state index in [1.54, 1.807) is 6.07 Å². The van der Waals surface area contributed by atoms with Crippen molar-refractivity contribution in [2.24, 2.45) is 0 Å². The standard InChI is InChI=1S/C17H20N2O3/c1-11(2)19-5-4-12-6-15(19)14(12)10-22-16-8-18-17(21-3)7-13(16)9-20/h4,7-9,11H,5-6,10H2,1-3H3. The average molecular weight is 300 g/mol. The topological polar surface area (TPSA) is 51.7 Å². The Kier molecular flexibility index (Phi) is 3.88. The number of nitrogens with zero attached hydrogens (tertiary/aromatic N) is 2. The quantitative estimate of drug-likeness (QED) is 0.756. The van der Waals surface area contributed by atoms with Crippen LogP contribution in [-0.2, 0) is 0 Å². The number of aromatic nitrogens is 1. The van der Waals surface area contributed by atoms with Gasteiger partial charge in [-0.3, -0.25) is 4.79 Å². The highest BCUT2D eigenvalue weighted by Crippen LogP contribution is 2.41. The van der Waals surface area contributed by atoms with E-state index in [0.29, 0.717) is 29.8 Å². The zero-order valence-corrected chi connectivity index (χ0v) is 13.1. The Morgan fingerprint density at radius 1 is 1.45 bits per heavy atom. The monoisotopic (exact) mass is 300 g/mol. The number of hydrogen-bond acceptors (Lipinski definition) is 5. The second-order valence-corrected chi connectivity index (χ2v) is 5.75. The molecule has 2 heterocycles. The van der Waals surface area contributed by atoms with Crippen LogP contribution in [0.4, 0.5) is 0 Å². The van der Waals surface area contributed by atoms with Gasteiger partial charge in [0.15, 0.2) is 6.29 Å². The summed E-state index contributed by atoms with van der Waals surface area (Å²) in [4.78, 5) is 17.6. The normalized spacial score (nSPS) is 16.4. The van der Waals surface area contributed by atoms with E-state index < -0.39 is 0 Å². The van der Waals surface area contributed by atoms with Crippen molar-refractivity contribution < 1.29 is 14.3 Å². The summed E-state index contributed by atoms with van der Waals surface area (Å²) in [6, 6.07) is 2.07. The minimum absolute atomic E-state index is 0.408. The molecular weight excluding hydrogens is 280 g/mol. The summed E-state index contributed by atoms with van der Waals surface area (Å²) >= 11 is 0. The number of fused-ring (bicyclic) bond motifs is 2. The zero-order valence-electron chi connectivity index (χ0n) is 13.1. The fourth-order valence-electron chi connectivity index (χ4n) is 2.87. The van der Waals surface area contributed by atoms with Gasteiger partial charge < -0.3 is 14.4 Å². The smallest absolute Gasteiger partial charge is 0.213 e. The maximum Gasteiger partial charge on any atom is 0.213 e. The number of carbonyl (C=O) groups excluding carboxylic acids is 1. The van der Waals surface area contributed by atoms with Crippen LogP contribution in [0.1, 0.15) is 30.6 Å². The van der Waals surface area contributed by atoms with Crippen LogP contribution in [-0.4, -0.2) is 42.5 Å². The molecule has 2 bridgehead atoms. The van der Waals surface area contributed by atoms with Crippen molar-refractivity contribution in [3.8, 4) is 11.6 Å². The maximum absolute atomic E-state index is 11.2. The van der Waals surface area contributed by atoms with Gasteiger partial charge in [0.2, 0.25) is 5.88 Å². The van der Waals surface area contributed by atoms with Gasteiger partial charge in [-0.15, -0.1) is 0 Å². The van der Waals surface area contributed by atoms with Crippen molar-refractivity contribution in [3.63, 3.8) is 0 Å². The molecule has 22 heavy (non-hydrogen) atoms. The molecule has 2 aliphatic rings. The first-order valence-corrected chi connectivity index (χ1v) is 7.44. The SMILES string of the molecule is COc1cc(C=O)c(OCC2=C3CC2=CCN3C(C)C)cn1. The molecule has 1 aromatic rings.